The molecule has 1 unspecified atom stereocenters. The highest BCUT2D eigenvalue weighted by Crippen LogP contribution is 2.25. The highest BCUT2D eigenvalue weighted by molar-refractivity contribution is 6.05. The first-order chi connectivity index (χ1) is 12.9. The van der Waals surface area contributed by atoms with Crippen molar-refractivity contribution < 1.29 is 14.4 Å². The fourth-order valence-corrected chi connectivity index (χ4v) is 3.43. The van der Waals surface area contributed by atoms with Crippen molar-refractivity contribution in [3.05, 3.63) is 64.7 Å². The van der Waals surface area contributed by atoms with Crippen molar-refractivity contribution in [2.75, 3.05) is 11.9 Å². The van der Waals surface area contributed by atoms with Crippen LogP contribution in [0.5, 0.6) is 0 Å². The monoisotopic (exact) mass is 364 g/mol. The van der Waals surface area contributed by atoms with Gasteiger partial charge in [0.15, 0.2) is 5.78 Å². The summed E-state index contributed by atoms with van der Waals surface area (Å²) >= 11 is 0. The van der Waals surface area contributed by atoms with E-state index in [9.17, 15) is 14.4 Å². The van der Waals surface area contributed by atoms with Crippen molar-refractivity contribution in [1.29, 1.82) is 0 Å². The van der Waals surface area contributed by atoms with Gasteiger partial charge in [0.1, 0.15) is 0 Å². The number of likely N-dealkylation sites (tertiary alicyclic amines) is 1. The first-order valence-electron chi connectivity index (χ1n) is 9.17. The van der Waals surface area contributed by atoms with Crippen LogP contribution in [0.3, 0.4) is 0 Å². The molecule has 1 saturated heterocycles. The average molecular weight is 364 g/mol. The lowest BCUT2D eigenvalue weighted by Gasteiger charge is -2.24. The first-order valence-corrected chi connectivity index (χ1v) is 9.17. The lowest BCUT2D eigenvalue weighted by atomic mass is 9.98. The van der Waals surface area contributed by atoms with Crippen LogP contribution in [0.1, 0.15) is 51.6 Å². The number of hydrogen-bond acceptors (Lipinski definition) is 3. The van der Waals surface area contributed by atoms with E-state index in [0.29, 0.717) is 29.8 Å². The Morgan fingerprint density at radius 2 is 1.63 bits per heavy atom. The quantitative estimate of drug-likeness (QED) is 0.840. The predicted octanol–water partition coefficient (Wildman–Crippen LogP) is 3.75. The Labute approximate surface area is 159 Å². The lowest BCUT2D eigenvalue weighted by Crippen LogP contribution is -2.40. The van der Waals surface area contributed by atoms with E-state index in [4.69, 9.17) is 0 Å². The topological polar surface area (TPSA) is 66.5 Å². The third kappa shape index (κ3) is 4.08. The van der Waals surface area contributed by atoms with Crippen LogP contribution in [0.4, 0.5) is 5.69 Å². The zero-order chi connectivity index (χ0) is 19.6. The van der Waals surface area contributed by atoms with E-state index in [-0.39, 0.29) is 17.6 Å². The SMILES string of the molecule is CC(=O)Nc1ccc(C(=O)N2CCCC2C(=O)c2ccc(C)c(C)c2)cc1. The van der Waals surface area contributed by atoms with E-state index in [2.05, 4.69) is 5.32 Å². The van der Waals surface area contributed by atoms with E-state index in [1.165, 1.54) is 6.92 Å². The number of anilines is 1. The van der Waals surface area contributed by atoms with Crippen LogP contribution in [-0.4, -0.2) is 35.1 Å². The second-order valence-electron chi connectivity index (χ2n) is 7.08. The molecule has 0 aromatic heterocycles. The molecule has 1 aliphatic heterocycles. The molecule has 1 N–H and O–H groups in total. The van der Waals surface area contributed by atoms with E-state index in [1.807, 2.05) is 32.0 Å². The summed E-state index contributed by atoms with van der Waals surface area (Å²) in [6, 6.07) is 12.0. The first kappa shape index (κ1) is 18.8. The summed E-state index contributed by atoms with van der Waals surface area (Å²) in [6.45, 7) is 6.01. The Morgan fingerprint density at radius 3 is 2.26 bits per heavy atom. The summed E-state index contributed by atoms with van der Waals surface area (Å²) in [6.07, 6.45) is 1.50. The van der Waals surface area contributed by atoms with Crippen molar-refractivity contribution in [3.8, 4) is 0 Å². The zero-order valence-corrected chi connectivity index (χ0v) is 15.9. The van der Waals surface area contributed by atoms with Gasteiger partial charge in [-0.05, 0) is 68.1 Å². The summed E-state index contributed by atoms with van der Waals surface area (Å²) in [4.78, 5) is 38.7. The molecule has 0 radical (unpaired) electrons. The number of Topliss-reactive ketones (excluding diaryl/α,β-unsaturated/α-hetero) is 1. The molecule has 0 spiro atoms. The van der Waals surface area contributed by atoms with Crippen LogP contribution in [0.25, 0.3) is 0 Å². The molecule has 1 aliphatic rings. The van der Waals surface area contributed by atoms with Gasteiger partial charge in [-0.25, -0.2) is 0 Å². The summed E-state index contributed by atoms with van der Waals surface area (Å²) < 4.78 is 0. The molecule has 5 nitrogen and oxygen atoms in total. The van der Waals surface area contributed by atoms with E-state index in [0.717, 1.165) is 17.5 Å². The molecule has 2 aromatic carbocycles. The molecule has 1 atom stereocenters. The van der Waals surface area contributed by atoms with Crippen LogP contribution in [0.2, 0.25) is 0 Å². The maximum absolute atomic E-state index is 13.0. The number of rotatable bonds is 4. The van der Waals surface area contributed by atoms with Gasteiger partial charge < -0.3 is 10.2 Å². The van der Waals surface area contributed by atoms with Gasteiger partial charge in [-0.15, -0.1) is 0 Å². The number of ketones is 1. The highest BCUT2D eigenvalue weighted by Gasteiger charge is 2.35. The maximum atomic E-state index is 13.0. The van der Waals surface area contributed by atoms with E-state index >= 15 is 0 Å². The molecule has 2 amide bonds. The number of carbonyl (C=O) groups is 3. The summed E-state index contributed by atoms with van der Waals surface area (Å²) in [5.74, 6) is -0.310. The van der Waals surface area contributed by atoms with Gasteiger partial charge in [-0.2, -0.15) is 0 Å². The third-order valence-electron chi connectivity index (χ3n) is 5.06. The van der Waals surface area contributed by atoms with Crippen LogP contribution in [-0.2, 0) is 4.79 Å². The van der Waals surface area contributed by atoms with Crippen LogP contribution < -0.4 is 5.32 Å². The van der Waals surface area contributed by atoms with Crippen LogP contribution in [0, 0.1) is 13.8 Å². The lowest BCUT2D eigenvalue weighted by molar-refractivity contribution is -0.114. The Balaban J connectivity index is 1.78. The predicted molar refractivity (Wildman–Crippen MR) is 105 cm³/mol. The van der Waals surface area contributed by atoms with E-state index in [1.54, 1.807) is 29.2 Å². The number of nitrogens with one attached hydrogen (secondary N) is 1. The normalized spacial score (nSPS) is 16.3. The standard InChI is InChI=1S/C22H24N2O3/c1-14-6-7-18(13-15(14)2)21(26)20-5-4-12-24(20)22(27)17-8-10-19(11-9-17)23-16(3)25/h6-11,13,20H,4-5,12H2,1-3H3,(H,23,25). The molecule has 2 aromatic rings. The van der Waals surface area contributed by atoms with Crippen molar-refractivity contribution in [2.24, 2.45) is 0 Å². The molecule has 27 heavy (non-hydrogen) atoms. The summed E-state index contributed by atoms with van der Waals surface area (Å²) in [7, 11) is 0. The van der Waals surface area contributed by atoms with Gasteiger partial charge in [0.25, 0.3) is 5.91 Å². The number of hydrogen-bond donors (Lipinski definition) is 1. The van der Waals surface area contributed by atoms with Crippen molar-refractivity contribution in [2.45, 2.75) is 39.7 Å². The second kappa shape index (κ2) is 7.74. The van der Waals surface area contributed by atoms with Crippen molar-refractivity contribution in [3.63, 3.8) is 0 Å². The van der Waals surface area contributed by atoms with Crippen LogP contribution in [0.15, 0.2) is 42.5 Å². The molecule has 1 heterocycles. The van der Waals surface area contributed by atoms with Crippen LogP contribution >= 0.6 is 0 Å². The smallest absolute Gasteiger partial charge is 0.254 e. The van der Waals surface area contributed by atoms with Gasteiger partial charge in [-0.1, -0.05) is 12.1 Å². The molecule has 0 aliphatic carbocycles. The minimum atomic E-state index is -0.422. The van der Waals surface area contributed by atoms with Gasteiger partial charge in [-0.3, -0.25) is 14.4 Å². The number of amides is 2. The van der Waals surface area contributed by atoms with Crippen molar-refractivity contribution >= 4 is 23.3 Å². The minimum Gasteiger partial charge on any atom is -0.328 e. The Kier molecular flexibility index (Phi) is 5.40. The second-order valence-corrected chi connectivity index (χ2v) is 7.08. The van der Waals surface area contributed by atoms with Gasteiger partial charge in [0.05, 0.1) is 6.04 Å². The molecule has 1 fully saturated rings. The summed E-state index contributed by atoms with van der Waals surface area (Å²) in [5, 5.41) is 2.68. The molecule has 0 saturated carbocycles. The van der Waals surface area contributed by atoms with Gasteiger partial charge in [0, 0.05) is 30.3 Å². The minimum absolute atomic E-state index is 0.00110. The Hall–Kier alpha value is -2.95. The Bertz CT molecular complexity index is 887. The molecular weight excluding hydrogens is 340 g/mol. The molecule has 0 bridgehead atoms. The van der Waals surface area contributed by atoms with E-state index < -0.39 is 6.04 Å². The number of benzene rings is 2. The number of carbonyl (C=O) groups excluding carboxylic acids is 3. The highest BCUT2D eigenvalue weighted by atomic mass is 16.2. The molecule has 3 rings (SSSR count). The zero-order valence-electron chi connectivity index (χ0n) is 15.9. The number of aryl methyl sites for hydroxylation is 2. The molecule has 5 heteroatoms. The fourth-order valence-electron chi connectivity index (χ4n) is 3.43. The van der Waals surface area contributed by atoms with Gasteiger partial charge in [0.2, 0.25) is 5.91 Å². The molecular formula is C22H24N2O3. The maximum Gasteiger partial charge on any atom is 0.254 e. The largest absolute Gasteiger partial charge is 0.328 e. The third-order valence-corrected chi connectivity index (χ3v) is 5.06. The number of nitrogens with zero attached hydrogens (tertiary/aromatic N) is 1. The van der Waals surface area contributed by atoms with Crippen molar-refractivity contribution in [1.82, 2.24) is 4.90 Å². The molecule has 140 valence electrons. The fraction of sp³-hybridized carbons (Fsp3) is 0.318. The Morgan fingerprint density at radius 1 is 0.963 bits per heavy atom. The van der Waals surface area contributed by atoms with Gasteiger partial charge >= 0.3 is 0 Å². The average Bonchev–Trinajstić information content (AvgIpc) is 3.12. The summed E-state index contributed by atoms with van der Waals surface area (Å²) in [5.41, 5.74) is 4.03.